The normalized spacial score (nSPS) is 2.00. The van der Waals surface area contributed by atoms with Gasteiger partial charge in [-0.2, -0.15) is 0 Å². The zero-order chi connectivity index (χ0) is 8.12. The van der Waals surface area contributed by atoms with E-state index in [1.807, 2.05) is 0 Å². The maximum absolute atomic E-state index is 8.46. The molecule has 0 saturated heterocycles. The van der Waals surface area contributed by atoms with Crippen LogP contribution in [0.4, 0.5) is 0 Å². The second-order valence-corrected chi connectivity index (χ2v) is 0.866. The Morgan fingerprint density at radius 3 is 0.750 bits per heavy atom. The van der Waals surface area contributed by atoms with Crippen LogP contribution in [0.25, 0.3) is 0 Å². The Kier molecular flexibility index (Phi) is 231. The van der Waals surface area contributed by atoms with E-state index in [2.05, 4.69) is 0 Å². The van der Waals surface area contributed by atoms with Crippen molar-refractivity contribution >= 4 is 46.5 Å². The zero-order valence-electron chi connectivity index (χ0n) is 5.83. The summed E-state index contributed by atoms with van der Waals surface area (Å²) in [5.74, 6) is 0. The van der Waals surface area contributed by atoms with Gasteiger partial charge < -0.3 is 0 Å². The summed E-state index contributed by atoms with van der Waals surface area (Å²) in [7, 11) is 0. The SMILES string of the molecule is [Co].[Li+].[Ni+2].[O]=[Al][O-].[O]=[Al][O-].[O]=[Al][O-]. The van der Waals surface area contributed by atoms with Gasteiger partial charge in [-0.05, 0) is 0 Å². The number of hydrogen-bond donors (Lipinski definition) is 0. The minimum absolute atomic E-state index is 0. The number of rotatable bonds is 0. The van der Waals surface area contributed by atoms with E-state index in [0.29, 0.717) is 0 Å². The van der Waals surface area contributed by atoms with Gasteiger partial charge in [-0.15, -0.1) is 0 Å². The van der Waals surface area contributed by atoms with Crippen LogP contribution in [0.15, 0.2) is 0 Å². The molecular formula is Al3CoLiNiO6. The molecule has 65 valence electrons. The predicted octanol–water partition coefficient (Wildman–Crippen LogP) is -8.07. The predicted molar refractivity (Wildman–Crippen MR) is 19.3 cm³/mol. The molecule has 0 fully saturated rings. The van der Waals surface area contributed by atoms with E-state index < -0.39 is 46.5 Å². The van der Waals surface area contributed by atoms with Gasteiger partial charge in [-0.1, -0.05) is 0 Å². The molecule has 12 heavy (non-hydrogen) atoms. The Balaban J connectivity index is -0.00000001000. The molecule has 0 aromatic heterocycles. The molecule has 6 nitrogen and oxygen atoms in total. The van der Waals surface area contributed by atoms with Crippen LogP contribution < -0.4 is 31.3 Å². The monoisotopic (exact) mass is 301 g/mol. The summed E-state index contributed by atoms with van der Waals surface area (Å²) in [5.41, 5.74) is 0. The molecule has 0 aromatic carbocycles. The van der Waals surface area contributed by atoms with Crippen molar-refractivity contribution < 1.29 is 76.0 Å². The molecule has 0 rings (SSSR count). The maximum atomic E-state index is 8.46. The summed E-state index contributed by atoms with van der Waals surface area (Å²) >= 11 is -5.25. The molecule has 0 spiro atoms. The first-order valence-corrected chi connectivity index (χ1v) is 4.24. The van der Waals surface area contributed by atoms with Crippen molar-refractivity contribution in [1.82, 2.24) is 0 Å². The van der Waals surface area contributed by atoms with Gasteiger partial charge in [0.15, 0.2) is 0 Å². The van der Waals surface area contributed by atoms with Crippen molar-refractivity contribution in [1.29, 1.82) is 0 Å². The molecule has 0 unspecified atom stereocenters. The molecule has 12 heteroatoms. The van der Waals surface area contributed by atoms with Crippen LogP contribution in [0.1, 0.15) is 0 Å². The third-order valence-electron chi connectivity index (χ3n) is 0. The molecule has 0 bridgehead atoms. The quantitative estimate of drug-likeness (QED) is 0.410. The van der Waals surface area contributed by atoms with E-state index in [1.54, 1.807) is 0 Å². The summed E-state index contributed by atoms with van der Waals surface area (Å²) in [6.45, 7) is 0. The van der Waals surface area contributed by atoms with Gasteiger partial charge in [-0.3, -0.25) is 0 Å². The molecule has 0 atom stereocenters. The zero-order valence-corrected chi connectivity index (χ0v) is 11.3. The average Bonchev–Trinajstić information content (AvgIpc) is 1.70. The van der Waals surface area contributed by atoms with E-state index in [9.17, 15) is 0 Å². The van der Waals surface area contributed by atoms with Crippen molar-refractivity contribution in [3.05, 3.63) is 0 Å². The summed E-state index contributed by atoms with van der Waals surface area (Å²) in [4.78, 5) is 0. The Morgan fingerprint density at radius 2 is 0.750 bits per heavy atom. The van der Waals surface area contributed by atoms with Gasteiger partial charge in [-0.25, -0.2) is 0 Å². The standard InChI is InChI=1S/3Al.Co.Li.Ni.6O/q;;;;+1;+2;;;;3*-1. The topological polar surface area (TPSA) is 120 Å². The summed E-state index contributed by atoms with van der Waals surface area (Å²) in [5, 5.41) is 0. The summed E-state index contributed by atoms with van der Waals surface area (Å²) < 4.78 is 50.8. The fraction of sp³-hybridized carbons (Fsp3) is 0. The Hall–Kier alpha value is 1.99. The Bertz CT molecular complexity index is 59.5. The first kappa shape index (κ1) is 37.0. The Morgan fingerprint density at radius 1 is 0.750 bits per heavy atom. The Labute approximate surface area is 121 Å². The van der Waals surface area contributed by atoms with Gasteiger partial charge in [0.1, 0.15) is 0 Å². The molecule has 0 amide bonds. The summed E-state index contributed by atoms with van der Waals surface area (Å²) in [6.07, 6.45) is 0. The molecule has 0 heterocycles. The van der Waals surface area contributed by atoms with Crippen molar-refractivity contribution in [2.75, 3.05) is 0 Å². The van der Waals surface area contributed by atoms with Gasteiger partial charge in [0, 0.05) is 16.8 Å². The van der Waals surface area contributed by atoms with Crippen LogP contribution in [0, 0.1) is 0 Å². The molecule has 0 aliphatic heterocycles. The van der Waals surface area contributed by atoms with Crippen LogP contribution in [-0.4, -0.2) is 46.5 Å². The third-order valence-corrected chi connectivity index (χ3v) is 0. The molecular weight excluding hydrogens is 302 g/mol. The molecule has 0 aliphatic rings. The molecule has 0 saturated carbocycles. The van der Waals surface area contributed by atoms with Crippen LogP contribution >= 0.6 is 0 Å². The van der Waals surface area contributed by atoms with Gasteiger partial charge in [0.2, 0.25) is 0 Å². The van der Waals surface area contributed by atoms with Gasteiger partial charge in [0.25, 0.3) is 0 Å². The number of hydrogen-bond acceptors (Lipinski definition) is 6. The first-order chi connectivity index (χ1) is 4.24. The molecule has 0 aromatic rings. The van der Waals surface area contributed by atoms with Gasteiger partial charge in [0.05, 0.1) is 0 Å². The van der Waals surface area contributed by atoms with E-state index in [4.69, 9.17) is 23.9 Å². The second kappa shape index (κ2) is 74.9. The van der Waals surface area contributed by atoms with Crippen molar-refractivity contribution in [3.63, 3.8) is 0 Å². The van der Waals surface area contributed by atoms with Crippen molar-refractivity contribution in [2.45, 2.75) is 0 Å². The second-order valence-electron chi connectivity index (χ2n) is 0.289. The van der Waals surface area contributed by atoms with Crippen LogP contribution in [0.5, 0.6) is 0 Å². The van der Waals surface area contributed by atoms with Crippen LogP contribution in [-0.2, 0) is 44.7 Å². The molecule has 0 aliphatic carbocycles. The van der Waals surface area contributed by atoms with E-state index in [1.165, 1.54) is 0 Å². The molecule has 1 radical (unpaired) electrons. The first-order valence-electron chi connectivity index (χ1n) is 1.41. The fourth-order valence-corrected chi connectivity index (χ4v) is 0. The van der Waals surface area contributed by atoms with E-state index >= 15 is 0 Å². The molecule has 0 N–H and O–H groups in total. The van der Waals surface area contributed by atoms with Crippen molar-refractivity contribution in [3.8, 4) is 0 Å². The fourth-order valence-electron chi connectivity index (χ4n) is 0. The average molecular weight is 302 g/mol. The van der Waals surface area contributed by atoms with E-state index in [0.717, 1.165) is 0 Å². The van der Waals surface area contributed by atoms with E-state index in [-0.39, 0.29) is 52.1 Å². The van der Waals surface area contributed by atoms with Crippen LogP contribution in [0.2, 0.25) is 0 Å². The third kappa shape index (κ3) is 364. The summed E-state index contributed by atoms with van der Waals surface area (Å²) in [6, 6.07) is 0. The minimum atomic E-state index is -1.75. The van der Waals surface area contributed by atoms with Gasteiger partial charge >= 0.3 is 106 Å². The van der Waals surface area contributed by atoms with Crippen molar-refractivity contribution in [2.24, 2.45) is 0 Å². The van der Waals surface area contributed by atoms with Crippen LogP contribution in [0.3, 0.4) is 0 Å².